The van der Waals surface area contributed by atoms with Crippen molar-refractivity contribution < 1.29 is 4.79 Å². The number of para-hydroxylation sites is 2. The predicted molar refractivity (Wildman–Crippen MR) is 121 cm³/mol. The molecule has 31 heavy (non-hydrogen) atoms. The smallest absolute Gasteiger partial charge is 0.317 e. The highest BCUT2D eigenvalue weighted by molar-refractivity contribution is 5.80. The summed E-state index contributed by atoms with van der Waals surface area (Å²) in [5.74, 6) is -0.326. The van der Waals surface area contributed by atoms with E-state index in [-0.39, 0.29) is 19.0 Å². The zero-order chi connectivity index (χ0) is 21.8. The molecule has 0 aliphatic rings. The van der Waals surface area contributed by atoms with Gasteiger partial charge in [-0.05, 0) is 30.2 Å². The third-order valence-electron chi connectivity index (χ3n) is 5.23. The molecule has 0 unspecified atom stereocenters. The SMILES string of the molecule is Cc1ccc(CNC(=O)Cn2c(=O)c(=O)n(Cc3ccccc3)c3ccccc32)cc1. The van der Waals surface area contributed by atoms with Crippen molar-refractivity contribution in [2.24, 2.45) is 0 Å². The molecule has 0 saturated heterocycles. The number of hydrogen-bond donors (Lipinski definition) is 1. The Morgan fingerprint density at radius 2 is 1.32 bits per heavy atom. The zero-order valence-corrected chi connectivity index (χ0v) is 17.2. The van der Waals surface area contributed by atoms with Crippen LogP contribution in [0.25, 0.3) is 11.0 Å². The van der Waals surface area contributed by atoms with Gasteiger partial charge in [0.2, 0.25) is 5.91 Å². The van der Waals surface area contributed by atoms with E-state index >= 15 is 0 Å². The van der Waals surface area contributed by atoms with Gasteiger partial charge in [0.15, 0.2) is 0 Å². The molecule has 156 valence electrons. The van der Waals surface area contributed by atoms with Gasteiger partial charge < -0.3 is 5.32 Å². The number of benzene rings is 3. The standard InChI is InChI=1S/C25H23N3O3/c1-18-11-13-19(14-12-18)15-26-23(29)17-28-22-10-6-5-9-21(22)27(24(30)25(28)31)16-20-7-3-2-4-8-20/h2-14H,15-17H2,1H3,(H,26,29). The van der Waals surface area contributed by atoms with Gasteiger partial charge in [0.1, 0.15) is 6.54 Å². The van der Waals surface area contributed by atoms with E-state index in [2.05, 4.69) is 5.32 Å². The van der Waals surface area contributed by atoms with Crippen LogP contribution in [0.2, 0.25) is 0 Å². The summed E-state index contributed by atoms with van der Waals surface area (Å²) >= 11 is 0. The summed E-state index contributed by atoms with van der Waals surface area (Å²) < 4.78 is 2.72. The summed E-state index contributed by atoms with van der Waals surface area (Å²) in [4.78, 5) is 38.3. The summed E-state index contributed by atoms with van der Waals surface area (Å²) in [5, 5.41) is 2.83. The number of fused-ring (bicyclic) bond motifs is 1. The van der Waals surface area contributed by atoms with Gasteiger partial charge in [0, 0.05) is 6.54 Å². The summed E-state index contributed by atoms with van der Waals surface area (Å²) in [7, 11) is 0. The molecule has 0 spiro atoms. The van der Waals surface area contributed by atoms with Crippen molar-refractivity contribution in [2.75, 3.05) is 0 Å². The molecule has 6 nitrogen and oxygen atoms in total. The van der Waals surface area contributed by atoms with E-state index in [1.165, 1.54) is 9.13 Å². The first kappa shape index (κ1) is 20.3. The molecule has 0 saturated carbocycles. The van der Waals surface area contributed by atoms with Crippen molar-refractivity contribution >= 4 is 16.9 Å². The number of nitrogens with zero attached hydrogens (tertiary/aromatic N) is 2. The second-order valence-corrected chi connectivity index (χ2v) is 7.52. The number of amides is 1. The van der Waals surface area contributed by atoms with E-state index in [1.54, 1.807) is 18.2 Å². The summed E-state index contributed by atoms with van der Waals surface area (Å²) in [6.07, 6.45) is 0. The Labute approximate surface area is 179 Å². The van der Waals surface area contributed by atoms with Gasteiger partial charge in [-0.1, -0.05) is 72.3 Å². The Bertz CT molecular complexity index is 1340. The Morgan fingerprint density at radius 1 is 0.742 bits per heavy atom. The number of carbonyl (C=O) groups is 1. The van der Waals surface area contributed by atoms with Crippen molar-refractivity contribution in [1.82, 2.24) is 14.5 Å². The first-order chi connectivity index (χ1) is 15.0. The van der Waals surface area contributed by atoms with E-state index in [0.717, 1.165) is 16.7 Å². The largest absolute Gasteiger partial charge is 0.350 e. The number of aromatic nitrogens is 2. The minimum Gasteiger partial charge on any atom is -0.350 e. The Morgan fingerprint density at radius 3 is 2.00 bits per heavy atom. The normalized spacial score (nSPS) is 10.9. The highest BCUT2D eigenvalue weighted by atomic mass is 16.2. The molecule has 0 fully saturated rings. The Kier molecular flexibility index (Phi) is 5.80. The van der Waals surface area contributed by atoms with E-state index in [0.29, 0.717) is 17.6 Å². The van der Waals surface area contributed by atoms with Crippen LogP contribution in [0.5, 0.6) is 0 Å². The predicted octanol–water partition coefficient (Wildman–Crippen LogP) is 2.84. The highest BCUT2D eigenvalue weighted by Crippen LogP contribution is 2.12. The maximum Gasteiger partial charge on any atom is 0.317 e. The van der Waals surface area contributed by atoms with Crippen LogP contribution in [0.15, 0.2) is 88.5 Å². The third-order valence-corrected chi connectivity index (χ3v) is 5.23. The van der Waals surface area contributed by atoms with Gasteiger partial charge >= 0.3 is 11.1 Å². The number of nitrogens with one attached hydrogen (secondary N) is 1. The fourth-order valence-electron chi connectivity index (χ4n) is 3.56. The lowest BCUT2D eigenvalue weighted by Crippen LogP contribution is -2.44. The molecule has 4 aromatic rings. The van der Waals surface area contributed by atoms with Crippen molar-refractivity contribution in [2.45, 2.75) is 26.6 Å². The molecule has 0 aliphatic carbocycles. The van der Waals surface area contributed by atoms with Crippen LogP contribution in [0.3, 0.4) is 0 Å². The lowest BCUT2D eigenvalue weighted by Gasteiger charge is -2.15. The molecule has 1 heterocycles. The zero-order valence-electron chi connectivity index (χ0n) is 17.2. The van der Waals surface area contributed by atoms with Crippen molar-refractivity contribution in [1.29, 1.82) is 0 Å². The minimum absolute atomic E-state index is 0.216. The number of aryl methyl sites for hydroxylation is 1. The molecule has 4 rings (SSSR count). The fourth-order valence-corrected chi connectivity index (χ4v) is 3.56. The lowest BCUT2D eigenvalue weighted by atomic mass is 10.1. The second-order valence-electron chi connectivity index (χ2n) is 7.52. The average molecular weight is 413 g/mol. The molecule has 1 N–H and O–H groups in total. The molecule has 0 radical (unpaired) electrons. The van der Waals surface area contributed by atoms with Gasteiger partial charge in [0.25, 0.3) is 0 Å². The first-order valence-electron chi connectivity index (χ1n) is 10.1. The molecule has 1 amide bonds. The Balaban J connectivity index is 1.64. The molecule has 6 heteroatoms. The van der Waals surface area contributed by atoms with E-state index in [9.17, 15) is 14.4 Å². The number of hydrogen-bond acceptors (Lipinski definition) is 3. The van der Waals surface area contributed by atoms with Crippen LogP contribution < -0.4 is 16.4 Å². The van der Waals surface area contributed by atoms with Crippen LogP contribution in [0.1, 0.15) is 16.7 Å². The maximum absolute atomic E-state index is 12.9. The fraction of sp³-hybridized carbons (Fsp3) is 0.160. The van der Waals surface area contributed by atoms with Gasteiger partial charge in [0.05, 0.1) is 17.6 Å². The number of carbonyl (C=O) groups excluding carboxylic acids is 1. The van der Waals surface area contributed by atoms with Gasteiger partial charge in [-0.15, -0.1) is 0 Å². The summed E-state index contributed by atoms with van der Waals surface area (Å²) in [6.45, 7) is 2.43. The Hall–Kier alpha value is -3.93. The quantitative estimate of drug-likeness (QED) is 0.494. The molecule has 1 aromatic heterocycles. The van der Waals surface area contributed by atoms with Crippen LogP contribution >= 0.6 is 0 Å². The molecule has 0 bridgehead atoms. The monoisotopic (exact) mass is 413 g/mol. The second kappa shape index (κ2) is 8.83. The maximum atomic E-state index is 12.9. The van der Waals surface area contributed by atoms with Gasteiger partial charge in [-0.2, -0.15) is 0 Å². The van der Waals surface area contributed by atoms with Crippen molar-refractivity contribution in [3.05, 3.63) is 116 Å². The highest BCUT2D eigenvalue weighted by Gasteiger charge is 2.15. The van der Waals surface area contributed by atoms with Crippen molar-refractivity contribution in [3.63, 3.8) is 0 Å². The molecule has 0 atom stereocenters. The van der Waals surface area contributed by atoms with Crippen LogP contribution in [0.4, 0.5) is 0 Å². The molecule has 0 aliphatic heterocycles. The van der Waals surface area contributed by atoms with Crippen LogP contribution in [0, 0.1) is 6.92 Å². The third kappa shape index (κ3) is 4.48. The van der Waals surface area contributed by atoms with Crippen molar-refractivity contribution in [3.8, 4) is 0 Å². The van der Waals surface area contributed by atoms with Gasteiger partial charge in [-0.25, -0.2) is 0 Å². The van der Waals surface area contributed by atoms with E-state index in [1.807, 2.05) is 67.6 Å². The number of rotatable bonds is 6. The van der Waals surface area contributed by atoms with Crippen LogP contribution in [-0.4, -0.2) is 15.0 Å². The van der Waals surface area contributed by atoms with E-state index < -0.39 is 11.1 Å². The molecular weight excluding hydrogens is 390 g/mol. The summed E-state index contributed by atoms with van der Waals surface area (Å²) in [5.41, 5.74) is 2.84. The van der Waals surface area contributed by atoms with E-state index in [4.69, 9.17) is 0 Å². The average Bonchev–Trinajstić information content (AvgIpc) is 2.80. The lowest BCUT2D eigenvalue weighted by molar-refractivity contribution is -0.121. The molecular formula is C25H23N3O3. The minimum atomic E-state index is -0.708. The summed E-state index contributed by atoms with van der Waals surface area (Å²) in [6, 6.07) is 24.5. The first-order valence-corrected chi connectivity index (χ1v) is 10.1. The van der Waals surface area contributed by atoms with Gasteiger partial charge in [-0.3, -0.25) is 23.5 Å². The topological polar surface area (TPSA) is 73.1 Å². The van der Waals surface area contributed by atoms with Crippen LogP contribution in [-0.2, 0) is 24.4 Å². The molecule has 3 aromatic carbocycles.